The van der Waals surface area contributed by atoms with Gasteiger partial charge < -0.3 is 9.64 Å². The molecule has 0 spiro atoms. The van der Waals surface area contributed by atoms with Gasteiger partial charge in [-0.2, -0.15) is 20.5 Å². The van der Waals surface area contributed by atoms with E-state index in [0.717, 1.165) is 5.75 Å². The molecule has 0 radical (unpaired) electrons. The third-order valence-electron chi connectivity index (χ3n) is 2.85. The van der Waals surface area contributed by atoms with Gasteiger partial charge in [-0.1, -0.05) is 0 Å². The molecular formula is C12H19F4NO2S. The molecule has 0 saturated carbocycles. The first-order chi connectivity index (χ1) is 9.14. The van der Waals surface area contributed by atoms with Crippen molar-refractivity contribution in [3.63, 3.8) is 0 Å². The lowest BCUT2D eigenvalue weighted by Gasteiger charge is -2.37. The number of rotatable bonds is 6. The summed E-state index contributed by atoms with van der Waals surface area (Å²) in [6.07, 6.45) is -3.82. The highest BCUT2D eigenvalue weighted by atomic mass is 32.2. The SMILES string of the molecule is CC1(C)CN(C(=O)CCOCC(F)(F)C(F)F)CCS1. The van der Waals surface area contributed by atoms with Crippen LogP contribution in [-0.2, 0) is 9.53 Å². The van der Waals surface area contributed by atoms with Gasteiger partial charge in [-0.15, -0.1) is 0 Å². The number of amides is 1. The minimum absolute atomic E-state index is 0.0303. The van der Waals surface area contributed by atoms with Crippen molar-refractivity contribution in [3.8, 4) is 0 Å². The molecule has 0 aromatic heterocycles. The summed E-state index contributed by atoms with van der Waals surface area (Å²) in [5, 5.41) is 0. The van der Waals surface area contributed by atoms with Crippen LogP contribution in [0, 0.1) is 0 Å². The standard InChI is InChI=1S/C12H19F4NO2S/c1-11(2)7-17(4-6-20-11)9(18)3-5-19-8-12(15,16)10(13)14/h10H,3-8H2,1-2H3. The molecule has 3 nitrogen and oxygen atoms in total. The van der Waals surface area contributed by atoms with Gasteiger partial charge in [0.1, 0.15) is 6.61 Å². The van der Waals surface area contributed by atoms with Crippen molar-refractivity contribution in [2.45, 2.75) is 37.4 Å². The van der Waals surface area contributed by atoms with Crippen LogP contribution < -0.4 is 0 Å². The minimum atomic E-state index is -4.16. The van der Waals surface area contributed by atoms with E-state index in [1.165, 1.54) is 0 Å². The second-order valence-electron chi connectivity index (χ2n) is 5.29. The van der Waals surface area contributed by atoms with Crippen LogP contribution in [0.5, 0.6) is 0 Å². The molecule has 0 unspecified atom stereocenters. The monoisotopic (exact) mass is 317 g/mol. The fourth-order valence-electron chi connectivity index (χ4n) is 1.82. The van der Waals surface area contributed by atoms with Crippen LogP contribution >= 0.6 is 11.8 Å². The van der Waals surface area contributed by atoms with Crippen LogP contribution in [0.2, 0.25) is 0 Å². The highest BCUT2D eigenvalue weighted by molar-refractivity contribution is 8.00. The summed E-state index contributed by atoms with van der Waals surface area (Å²) in [5.74, 6) is -3.53. The van der Waals surface area contributed by atoms with Gasteiger partial charge in [-0.3, -0.25) is 4.79 Å². The molecule has 0 N–H and O–H groups in total. The summed E-state index contributed by atoms with van der Waals surface area (Å²) in [4.78, 5) is 13.5. The van der Waals surface area contributed by atoms with Gasteiger partial charge in [0.05, 0.1) is 13.0 Å². The van der Waals surface area contributed by atoms with Crippen LogP contribution in [0.25, 0.3) is 0 Å². The average molecular weight is 317 g/mol. The van der Waals surface area contributed by atoms with E-state index >= 15 is 0 Å². The minimum Gasteiger partial charge on any atom is -0.374 e. The lowest BCUT2D eigenvalue weighted by molar-refractivity contribution is -0.167. The fraction of sp³-hybridized carbons (Fsp3) is 0.917. The van der Waals surface area contributed by atoms with Crippen LogP contribution in [0.3, 0.4) is 0 Å². The lowest BCUT2D eigenvalue weighted by Crippen LogP contribution is -2.46. The summed E-state index contributed by atoms with van der Waals surface area (Å²) >= 11 is 1.77. The van der Waals surface area contributed by atoms with Crippen molar-refractivity contribution in [2.75, 3.05) is 32.1 Å². The summed E-state index contributed by atoms with van der Waals surface area (Å²) in [7, 11) is 0. The Balaban J connectivity index is 2.27. The molecular weight excluding hydrogens is 298 g/mol. The van der Waals surface area contributed by atoms with Gasteiger partial charge in [0, 0.05) is 23.6 Å². The topological polar surface area (TPSA) is 29.5 Å². The Hall–Kier alpha value is -0.500. The van der Waals surface area contributed by atoms with Crippen LogP contribution in [0.4, 0.5) is 17.6 Å². The van der Waals surface area contributed by atoms with Crippen molar-refractivity contribution in [2.24, 2.45) is 0 Å². The van der Waals surface area contributed by atoms with Crippen LogP contribution in [0.15, 0.2) is 0 Å². The first kappa shape index (κ1) is 17.6. The molecule has 0 bridgehead atoms. The van der Waals surface area contributed by atoms with Gasteiger partial charge in [0.2, 0.25) is 5.91 Å². The number of thioether (sulfide) groups is 1. The number of ether oxygens (including phenoxy) is 1. The maximum absolute atomic E-state index is 12.6. The van der Waals surface area contributed by atoms with Gasteiger partial charge >= 0.3 is 12.3 Å². The van der Waals surface area contributed by atoms with Crippen molar-refractivity contribution in [1.82, 2.24) is 4.90 Å². The van der Waals surface area contributed by atoms with Crippen LogP contribution in [0.1, 0.15) is 20.3 Å². The Labute approximate surface area is 120 Å². The Bertz CT molecular complexity index is 339. The van der Waals surface area contributed by atoms with E-state index in [2.05, 4.69) is 4.74 Å². The highest BCUT2D eigenvalue weighted by Crippen LogP contribution is 2.29. The molecule has 0 atom stereocenters. The Kier molecular flexibility index (Phi) is 6.12. The highest BCUT2D eigenvalue weighted by Gasteiger charge is 2.41. The van der Waals surface area contributed by atoms with Crippen molar-refractivity contribution >= 4 is 17.7 Å². The number of alkyl halides is 4. The van der Waals surface area contributed by atoms with E-state index in [0.29, 0.717) is 13.1 Å². The second-order valence-corrected chi connectivity index (χ2v) is 7.09. The van der Waals surface area contributed by atoms with Crippen LogP contribution in [-0.4, -0.2) is 60.0 Å². The smallest absolute Gasteiger partial charge is 0.330 e. The zero-order valence-electron chi connectivity index (χ0n) is 11.5. The Morgan fingerprint density at radius 2 is 2.10 bits per heavy atom. The molecule has 0 aromatic rings. The zero-order valence-corrected chi connectivity index (χ0v) is 12.3. The number of halogens is 4. The quantitative estimate of drug-likeness (QED) is 0.557. The fourth-order valence-corrected chi connectivity index (χ4v) is 2.93. The molecule has 20 heavy (non-hydrogen) atoms. The van der Waals surface area contributed by atoms with E-state index in [9.17, 15) is 22.4 Å². The van der Waals surface area contributed by atoms with Gasteiger partial charge in [0.25, 0.3) is 0 Å². The van der Waals surface area contributed by atoms with Crippen molar-refractivity contribution < 1.29 is 27.1 Å². The molecule has 1 fully saturated rings. The molecule has 0 aromatic carbocycles. The summed E-state index contributed by atoms with van der Waals surface area (Å²) in [5.41, 5.74) is 0. The average Bonchev–Trinajstić information content (AvgIpc) is 2.33. The second kappa shape index (κ2) is 6.98. The molecule has 1 aliphatic rings. The van der Waals surface area contributed by atoms with E-state index in [4.69, 9.17) is 0 Å². The molecule has 118 valence electrons. The van der Waals surface area contributed by atoms with Crippen molar-refractivity contribution in [3.05, 3.63) is 0 Å². The first-order valence-corrected chi connectivity index (χ1v) is 7.28. The van der Waals surface area contributed by atoms with Gasteiger partial charge in [-0.25, -0.2) is 8.78 Å². The van der Waals surface area contributed by atoms with Crippen molar-refractivity contribution in [1.29, 1.82) is 0 Å². The summed E-state index contributed by atoms with van der Waals surface area (Å²) in [6, 6.07) is 0. The number of carbonyl (C=O) groups is 1. The lowest BCUT2D eigenvalue weighted by atomic mass is 10.2. The number of nitrogens with zero attached hydrogens (tertiary/aromatic N) is 1. The van der Waals surface area contributed by atoms with E-state index in [1.54, 1.807) is 16.7 Å². The molecule has 1 aliphatic heterocycles. The Morgan fingerprint density at radius 3 is 2.65 bits per heavy atom. The molecule has 1 heterocycles. The van der Waals surface area contributed by atoms with E-state index in [1.807, 2.05) is 13.8 Å². The first-order valence-electron chi connectivity index (χ1n) is 6.29. The molecule has 1 amide bonds. The van der Waals surface area contributed by atoms with E-state index < -0.39 is 19.0 Å². The molecule has 8 heteroatoms. The number of hydrogen-bond donors (Lipinski definition) is 0. The van der Waals surface area contributed by atoms with Gasteiger partial charge in [-0.05, 0) is 13.8 Å². The third kappa shape index (κ3) is 5.47. The summed E-state index contributed by atoms with van der Waals surface area (Å²) in [6.45, 7) is 3.61. The predicted molar refractivity (Wildman–Crippen MR) is 69.5 cm³/mol. The zero-order chi connectivity index (χ0) is 15.4. The van der Waals surface area contributed by atoms with Gasteiger partial charge in [0.15, 0.2) is 0 Å². The molecule has 1 saturated heterocycles. The normalized spacial score (nSPS) is 19.4. The largest absolute Gasteiger partial charge is 0.374 e. The third-order valence-corrected chi connectivity index (χ3v) is 4.15. The molecule has 1 rings (SSSR count). The molecule has 0 aliphatic carbocycles. The number of hydrogen-bond acceptors (Lipinski definition) is 3. The predicted octanol–water partition coefficient (Wildman–Crippen LogP) is 2.65. The maximum Gasteiger partial charge on any atom is 0.330 e. The van der Waals surface area contributed by atoms with E-state index in [-0.39, 0.29) is 23.7 Å². The number of carbonyl (C=O) groups excluding carboxylic acids is 1. The maximum atomic E-state index is 12.6. The summed E-state index contributed by atoms with van der Waals surface area (Å²) < 4.78 is 53.3. The Morgan fingerprint density at radius 1 is 1.45 bits per heavy atom.